The van der Waals surface area contributed by atoms with Gasteiger partial charge in [-0.3, -0.25) is 10.1 Å². The number of carbonyl (C=O) groups is 2. The first-order valence-corrected chi connectivity index (χ1v) is 9.98. The second kappa shape index (κ2) is 8.33. The number of fused-ring (bicyclic) bond motifs is 1. The number of carbonyl (C=O) groups excluding carboxylic acids is 2. The van der Waals surface area contributed by atoms with E-state index in [9.17, 15) is 35.9 Å². The molecule has 0 aromatic carbocycles. The first-order chi connectivity index (χ1) is 15.8. The average Bonchev–Trinajstić information content (AvgIpc) is 3.18. The minimum absolute atomic E-state index is 0.118. The minimum Gasteiger partial charge on any atom is -0.431 e. The second-order valence-corrected chi connectivity index (χ2v) is 7.80. The molecule has 2 aliphatic heterocycles. The summed E-state index contributed by atoms with van der Waals surface area (Å²) in [6, 6.07) is 2.19. The molecule has 0 bridgehead atoms. The lowest BCUT2D eigenvalue weighted by molar-refractivity contribution is -0.206. The minimum atomic E-state index is -5.05. The maximum atomic E-state index is 13.7. The Morgan fingerprint density at radius 1 is 1.24 bits per heavy atom. The highest BCUT2D eigenvalue weighted by Crippen LogP contribution is 2.46. The Morgan fingerprint density at radius 3 is 2.62 bits per heavy atom. The van der Waals surface area contributed by atoms with Crippen LogP contribution in [0.4, 0.5) is 42.8 Å². The number of nitrogens with one attached hydrogen (secondary N) is 2. The van der Waals surface area contributed by atoms with Gasteiger partial charge in [-0.2, -0.15) is 26.3 Å². The van der Waals surface area contributed by atoms with Gasteiger partial charge in [0.2, 0.25) is 12.0 Å². The largest absolute Gasteiger partial charge is 0.431 e. The summed E-state index contributed by atoms with van der Waals surface area (Å²) in [6.07, 6.45) is -12.5. The maximum Gasteiger partial charge on any atom is 0.430 e. The molecule has 1 fully saturated rings. The van der Waals surface area contributed by atoms with E-state index < -0.39 is 47.2 Å². The second-order valence-electron chi connectivity index (χ2n) is 7.80. The van der Waals surface area contributed by atoms with Gasteiger partial charge < -0.3 is 15.0 Å². The summed E-state index contributed by atoms with van der Waals surface area (Å²) < 4.78 is 86.4. The first kappa shape index (κ1) is 23.6. The lowest BCUT2D eigenvalue weighted by Gasteiger charge is -2.29. The molecule has 8 nitrogen and oxygen atoms in total. The van der Waals surface area contributed by atoms with Crippen LogP contribution in [-0.2, 0) is 15.7 Å². The zero-order chi connectivity index (χ0) is 24.8. The van der Waals surface area contributed by atoms with Gasteiger partial charge in [0.05, 0.1) is 16.8 Å². The van der Waals surface area contributed by atoms with Crippen molar-refractivity contribution in [2.24, 2.45) is 0 Å². The molecule has 2 N–H and O–H groups in total. The zero-order valence-corrected chi connectivity index (χ0v) is 17.4. The number of halogens is 6. The number of amides is 2. The van der Waals surface area contributed by atoms with Crippen molar-refractivity contribution >= 4 is 23.6 Å². The SMILES string of the molecule is CC(=O)NC1CCN(c2cc(C(F)(F)F)cc(-c3ccnc4c3[C@H](C(F)(F)F)OC(=O)N4)n2)C1. The van der Waals surface area contributed by atoms with Gasteiger partial charge in [0.15, 0.2) is 0 Å². The molecule has 182 valence electrons. The van der Waals surface area contributed by atoms with Crippen LogP contribution in [0.15, 0.2) is 24.4 Å². The Hall–Kier alpha value is -3.58. The zero-order valence-electron chi connectivity index (χ0n) is 17.4. The quantitative estimate of drug-likeness (QED) is 0.632. The Bertz CT molecular complexity index is 1140. The number of cyclic esters (lactones) is 1. The van der Waals surface area contributed by atoms with Gasteiger partial charge >= 0.3 is 18.4 Å². The number of ether oxygens (including phenoxy) is 1. The standard InChI is InChI=1S/C20H17F6N5O3/c1-9(32)28-11-3-5-31(8-11)14-7-10(19(21,22)23)6-13(29-14)12-2-4-27-17-15(12)16(20(24,25)26)34-18(33)30-17/h2,4,6-7,11,16H,3,5,8H2,1H3,(H,28,32)(H,27,30,33)/t11?,16-/m1/s1. The van der Waals surface area contributed by atoms with E-state index in [1.807, 2.05) is 5.32 Å². The average molecular weight is 489 g/mol. The van der Waals surface area contributed by atoms with Crippen LogP contribution in [0.3, 0.4) is 0 Å². The van der Waals surface area contributed by atoms with E-state index >= 15 is 0 Å². The summed E-state index contributed by atoms with van der Waals surface area (Å²) in [4.78, 5) is 32.3. The number of hydrogen-bond donors (Lipinski definition) is 2. The van der Waals surface area contributed by atoms with Crippen molar-refractivity contribution in [3.63, 3.8) is 0 Å². The van der Waals surface area contributed by atoms with Gasteiger partial charge in [-0.05, 0) is 24.6 Å². The molecule has 1 saturated heterocycles. The number of hydrogen-bond acceptors (Lipinski definition) is 6. The van der Waals surface area contributed by atoms with E-state index in [2.05, 4.69) is 20.0 Å². The molecule has 0 saturated carbocycles. The normalized spacial score (nSPS) is 20.4. The van der Waals surface area contributed by atoms with Crippen LogP contribution in [-0.4, -0.2) is 47.3 Å². The van der Waals surface area contributed by atoms with Crippen molar-refractivity contribution in [2.45, 2.75) is 37.8 Å². The molecule has 34 heavy (non-hydrogen) atoms. The molecular weight excluding hydrogens is 472 g/mol. The van der Waals surface area contributed by atoms with Crippen molar-refractivity contribution in [1.29, 1.82) is 0 Å². The van der Waals surface area contributed by atoms with Gasteiger partial charge in [-0.25, -0.2) is 14.8 Å². The molecule has 2 aromatic rings. The summed E-state index contributed by atoms with van der Waals surface area (Å²) in [5.74, 6) is -0.899. The van der Waals surface area contributed by atoms with E-state index in [-0.39, 0.29) is 36.4 Å². The topological polar surface area (TPSA) is 96.5 Å². The van der Waals surface area contributed by atoms with Gasteiger partial charge in [0.25, 0.3) is 0 Å². The molecule has 1 unspecified atom stereocenters. The van der Waals surface area contributed by atoms with Crippen LogP contribution < -0.4 is 15.5 Å². The highest BCUT2D eigenvalue weighted by Gasteiger charge is 2.49. The van der Waals surface area contributed by atoms with Crippen LogP contribution in [0.2, 0.25) is 0 Å². The number of anilines is 2. The van der Waals surface area contributed by atoms with Crippen molar-refractivity contribution in [1.82, 2.24) is 15.3 Å². The number of rotatable bonds is 3. The first-order valence-electron chi connectivity index (χ1n) is 9.98. The number of nitrogens with zero attached hydrogens (tertiary/aromatic N) is 3. The number of alkyl halides is 6. The predicted molar refractivity (Wildman–Crippen MR) is 106 cm³/mol. The van der Waals surface area contributed by atoms with Crippen molar-refractivity contribution < 1.29 is 40.7 Å². The van der Waals surface area contributed by atoms with Crippen molar-refractivity contribution in [2.75, 3.05) is 23.3 Å². The molecule has 2 aliphatic rings. The molecular formula is C20H17F6N5O3. The Labute approximate surface area is 188 Å². The van der Waals surface area contributed by atoms with Crippen LogP contribution >= 0.6 is 0 Å². The van der Waals surface area contributed by atoms with Crippen molar-refractivity contribution in [3.05, 3.63) is 35.5 Å². The lowest BCUT2D eigenvalue weighted by Crippen LogP contribution is -2.35. The van der Waals surface area contributed by atoms with Gasteiger partial charge in [0, 0.05) is 37.8 Å². The molecule has 4 heterocycles. The predicted octanol–water partition coefficient (Wildman–Crippen LogP) is 4.04. The molecule has 0 spiro atoms. The lowest BCUT2D eigenvalue weighted by atomic mass is 9.98. The fraction of sp³-hybridized carbons (Fsp3) is 0.400. The summed E-state index contributed by atoms with van der Waals surface area (Å²) in [6.45, 7) is 1.76. The molecule has 14 heteroatoms. The van der Waals surface area contributed by atoms with E-state index in [4.69, 9.17) is 0 Å². The smallest absolute Gasteiger partial charge is 0.430 e. The van der Waals surface area contributed by atoms with Crippen LogP contribution in [0.25, 0.3) is 11.3 Å². The molecule has 0 radical (unpaired) electrons. The van der Waals surface area contributed by atoms with E-state index in [0.717, 1.165) is 18.3 Å². The number of aromatic nitrogens is 2. The van der Waals surface area contributed by atoms with E-state index in [0.29, 0.717) is 12.5 Å². The fourth-order valence-electron chi connectivity index (χ4n) is 3.94. The van der Waals surface area contributed by atoms with Gasteiger partial charge in [0.1, 0.15) is 11.6 Å². The molecule has 0 aliphatic carbocycles. The monoisotopic (exact) mass is 489 g/mol. The Kier molecular flexibility index (Phi) is 5.77. The van der Waals surface area contributed by atoms with Crippen LogP contribution in [0, 0.1) is 0 Å². The maximum absolute atomic E-state index is 13.7. The van der Waals surface area contributed by atoms with E-state index in [1.165, 1.54) is 11.8 Å². The molecule has 2 atom stereocenters. The third-order valence-corrected chi connectivity index (χ3v) is 5.33. The highest BCUT2D eigenvalue weighted by molar-refractivity contribution is 5.89. The third-order valence-electron chi connectivity index (χ3n) is 5.33. The summed E-state index contributed by atoms with van der Waals surface area (Å²) >= 11 is 0. The summed E-state index contributed by atoms with van der Waals surface area (Å²) in [5.41, 5.74) is -2.49. The fourth-order valence-corrected chi connectivity index (χ4v) is 3.94. The Morgan fingerprint density at radius 2 is 1.97 bits per heavy atom. The molecule has 2 amide bonds. The molecule has 4 rings (SSSR count). The highest BCUT2D eigenvalue weighted by atomic mass is 19.4. The van der Waals surface area contributed by atoms with Crippen LogP contribution in [0.5, 0.6) is 0 Å². The van der Waals surface area contributed by atoms with Crippen molar-refractivity contribution in [3.8, 4) is 11.3 Å². The van der Waals surface area contributed by atoms with Crippen LogP contribution in [0.1, 0.15) is 30.6 Å². The summed E-state index contributed by atoms with van der Waals surface area (Å²) in [7, 11) is 0. The Balaban J connectivity index is 1.83. The van der Waals surface area contributed by atoms with Gasteiger partial charge in [-0.15, -0.1) is 0 Å². The third kappa shape index (κ3) is 4.70. The molecule has 2 aromatic heterocycles. The summed E-state index contributed by atoms with van der Waals surface area (Å²) in [5, 5.41) is 4.72. The van der Waals surface area contributed by atoms with E-state index in [1.54, 1.807) is 0 Å². The number of pyridine rings is 2. The van der Waals surface area contributed by atoms with Gasteiger partial charge in [-0.1, -0.05) is 0 Å².